The molecule has 0 fully saturated rings. The Morgan fingerprint density at radius 3 is 2.94 bits per heavy atom. The average Bonchev–Trinajstić information content (AvgIpc) is 2.30. The quantitative estimate of drug-likeness (QED) is 0.528. The van der Waals surface area contributed by atoms with E-state index in [1.54, 1.807) is 7.11 Å². The predicted molar refractivity (Wildman–Crippen MR) is 68.8 cm³/mol. The zero-order valence-corrected chi connectivity index (χ0v) is 11.0. The van der Waals surface area contributed by atoms with E-state index in [1.807, 2.05) is 0 Å². The Bertz CT molecular complexity index is 216. The Balaban J connectivity index is 2.24. The van der Waals surface area contributed by atoms with Gasteiger partial charge in [-0.25, -0.2) is 0 Å². The molecule has 1 atom stereocenters. The molecule has 0 spiro atoms. The van der Waals surface area contributed by atoms with Crippen molar-refractivity contribution in [2.75, 3.05) is 39.9 Å². The predicted octanol–water partition coefficient (Wildman–Crippen LogP) is 1.65. The summed E-state index contributed by atoms with van der Waals surface area (Å²) >= 11 is 0. The third-order valence-corrected chi connectivity index (χ3v) is 3.28. The van der Waals surface area contributed by atoms with E-state index in [-0.39, 0.29) is 0 Å². The lowest BCUT2D eigenvalue weighted by Gasteiger charge is -2.31. The average molecular weight is 226 g/mol. The van der Waals surface area contributed by atoms with E-state index in [0.29, 0.717) is 6.04 Å². The van der Waals surface area contributed by atoms with Gasteiger partial charge in [-0.1, -0.05) is 13.0 Å². The number of hydrogen-bond acceptors (Lipinski definition) is 3. The molecular weight excluding hydrogens is 200 g/mol. The minimum atomic E-state index is 0.680. The third-order valence-electron chi connectivity index (χ3n) is 3.28. The van der Waals surface area contributed by atoms with Gasteiger partial charge < -0.3 is 10.1 Å². The fraction of sp³-hybridized carbons (Fsp3) is 0.846. The van der Waals surface area contributed by atoms with Gasteiger partial charge in [0.25, 0.3) is 0 Å². The highest BCUT2D eigenvalue weighted by Crippen LogP contribution is 2.14. The van der Waals surface area contributed by atoms with E-state index >= 15 is 0 Å². The minimum absolute atomic E-state index is 0.680. The van der Waals surface area contributed by atoms with Crippen LogP contribution in [-0.2, 0) is 4.74 Å². The van der Waals surface area contributed by atoms with Crippen molar-refractivity contribution in [3.63, 3.8) is 0 Å². The second kappa shape index (κ2) is 7.82. The third kappa shape index (κ3) is 4.64. The molecule has 0 amide bonds. The van der Waals surface area contributed by atoms with E-state index in [2.05, 4.69) is 30.1 Å². The molecule has 3 heteroatoms. The summed E-state index contributed by atoms with van der Waals surface area (Å²) in [5.74, 6) is 0. The first kappa shape index (κ1) is 13.7. The van der Waals surface area contributed by atoms with Gasteiger partial charge in [-0.15, -0.1) is 0 Å². The van der Waals surface area contributed by atoms with Crippen LogP contribution in [-0.4, -0.2) is 50.8 Å². The van der Waals surface area contributed by atoms with Crippen LogP contribution in [0, 0.1) is 0 Å². The first-order valence-corrected chi connectivity index (χ1v) is 6.39. The molecule has 1 rings (SSSR count). The van der Waals surface area contributed by atoms with Crippen molar-refractivity contribution >= 4 is 0 Å². The number of nitrogens with zero attached hydrogens (tertiary/aromatic N) is 1. The molecule has 1 aliphatic rings. The van der Waals surface area contributed by atoms with Crippen LogP contribution >= 0.6 is 0 Å². The summed E-state index contributed by atoms with van der Waals surface area (Å²) in [4.78, 5) is 2.55. The van der Waals surface area contributed by atoms with E-state index in [0.717, 1.165) is 26.2 Å². The van der Waals surface area contributed by atoms with Crippen molar-refractivity contribution in [3.8, 4) is 0 Å². The normalized spacial score (nSPS) is 19.6. The van der Waals surface area contributed by atoms with Crippen molar-refractivity contribution in [2.24, 2.45) is 0 Å². The lowest BCUT2D eigenvalue weighted by molar-refractivity contribution is 0.190. The smallest absolute Gasteiger partial charge is 0.0673 e. The van der Waals surface area contributed by atoms with Gasteiger partial charge in [0.05, 0.1) is 6.61 Å². The van der Waals surface area contributed by atoms with Crippen LogP contribution in [0.1, 0.15) is 26.7 Å². The lowest BCUT2D eigenvalue weighted by Crippen LogP contribution is -2.38. The van der Waals surface area contributed by atoms with Gasteiger partial charge >= 0.3 is 0 Å². The maximum absolute atomic E-state index is 5.16. The Hall–Kier alpha value is -0.380. The molecule has 0 aromatic heterocycles. The summed E-state index contributed by atoms with van der Waals surface area (Å²) in [5, 5.41) is 3.39. The molecule has 1 heterocycles. The summed E-state index contributed by atoms with van der Waals surface area (Å²) in [5.41, 5.74) is 1.46. The Morgan fingerprint density at radius 1 is 1.56 bits per heavy atom. The van der Waals surface area contributed by atoms with Gasteiger partial charge in [-0.2, -0.15) is 0 Å². The second-order valence-electron chi connectivity index (χ2n) is 4.53. The molecule has 0 radical (unpaired) electrons. The van der Waals surface area contributed by atoms with E-state index < -0.39 is 0 Å². The summed E-state index contributed by atoms with van der Waals surface area (Å²) in [6, 6.07) is 0.680. The second-order valence-corrected chi connectivity index (χ2v) is 4.53. The van der Waals surface area contributed by atoms with E-state index in [4.69, 9.17) is 4.74 Å². The van der Waals surface area contributed by atoms with Crippen LogP contribution in [0.15, 0.2) is 11.6 Å². The molecule has 0 bridgehead atoms. The van der Waals surface area contributed by atoms with Gasteiger partial charge in [0.1, 0.15) is 0 Å². The first-order chi connectivity index (χ1) is 7.77. The van der Waals surface area contributed by atoms with E-state index in [1.165, 1.54) is 25.0 Å². The number of methoxy groups -OCH3 is 1. The van der Waals surface area contributed by atoms with Gasteiger partial charge in [0.2, 0.25) is 0 Å². The molecule has 1 unspecified atom stereocenters. The van der Waals surface area contributed by atoms with Crippen LogP contribution in [0.3, 0.4) is 0 Å². The van der Waals surface area contributed by atoms with Crippen LogP contribution in [0.5, 0.6) is 0 Å². The molecule has 0 saturated carbocycles. The summed E-state index contributed by atoms with van der Waals surface area (Å²) in [7, 11) is 1.77. The molecule has 0 aromatic carbocycles. The van der Waals surface area contributed by atoms with E-state index in [9.17, 15) is 0 Å². The monoisotopic (exact) mass is 226 g/mol. The fourth-order valence-electron chi connectivity index (χ4n) is 2.11. The zero-order chi connectivity index (χ0) is 11.8. The molecule has 94 valence electrons. The maximum atomic E-state index is 5.16. The summed E-state index contributed by atoms with van der Waals surface area (Å²) < 4.78 is 5.16. The molecule has 1 N–H and O–H groups in total. The minimum Gasteiger partial charge on any atom is -0.380 e. The number of rotatable bonds is 7. The topological polar surface area (TPSA) is 24.5 Å². The summed E-state index contributed by atoms with van der Waals surface area (Å²) in [6.07, 6.45) is 4.73. The SMILES string of the molecule is CCNCCC(C)N1CC=C(COC)CC1. The highest BCUT2D eigenvalue weighted by atomic mass is 16.5. The van der Waals surface area contributed by atoms with Gasteiger partial charge in [-0.05, 0) is 38.4 Å². The van der Waals surface area contributed by atoms with Gasteiger partial charge in [0.15, 0.2) is 0 Å². The van der Waals surface area contributed by atoms with Crippen LogP contribution in [0.4, 0.5) is 0 Å². The van der Waals surface area contributed by atoms with Crippen molar-refractivity contribution in [1.29, 1.82) is 0 Å². The van der Waals surface area contributed by atoms with Crippen LogP contribution < -0.4 is 5.32 Å². The number of ether oxygens (including phenoxy) is 1. The Kier molecular flexibility index (Phi) is 6.69. The van der Waals surface area contributed by atoms with Crippen molar-refractivity contribution in [2.45, 2.75) is 32.7 Å². The fourth-order valence-corrected chi connectivity index (χ4v) is 2.11. The Labute approximate surface area is 99.8 Å². The maximum Gasteiger partial charge on any atom is 0.0673 e. The molecule has 3 nitrogen and oxygen atoms in total. The molecule has 1 aliphatic heterocycles. The molecule has 0 aliphatic carbocycles. The van der Waals surface area contributed by atoms with Gasteiger partial charge in [-0.3, -0.25) is 4.90 Å². The molecule has 0 saturated heterocycles. The molecule has 16 heavy (non-hydrogen) atoms. The molecule has 0 aromatic rings. The van der Waals surface area contributed by atoms with Crippen molar-refractivity contribution < 1.29 is 4.74 Å². The highest BCUT2D eigenvalue weighted by Gasteiger charge is 2.16. The first-order valence-electron chi connectivity index (χ1n) is 6.39. The van der Waals surface area contributed by atoms with Gasteiger partial charge in [0, 0.05) is 26.2 Å². The largest absolute Gasteiger partial charge is 0.380 e. The highest BCUT2D eigenvalue weighted by molar-refractivity contribution is 5.08. The number of hydrogen-bond donors (Lipinski definition) is 1. The zero-order valence-electron chi connectivity index (χ0n) is 11.0. The van der Waals surface area contributed by atoms with Crippen LogP contribution in [0.2, 0.25) is 0 Å². The van der Waals surface area contributed by atoms with Crippen LogP contribution in [0.25, 0.3) is 0 Å². The van der Waals surface area contributed by atoms with Crippen molar-refractivity contribution in [1.82, 2.24) is 10.2 Å². The summed E-state index contributed by atoms with van der Waals surface area (Å²) in [6.45, 7) is 9.76. The van der Waals surface area contributed by atoms with Crippen molar-refractivity contribution in [3.05, 3.63) is 11.6 Å². The molecular formula is C13H26N2O. The standard InChI is InChI=1S/C13H26N2O/c1-4-14-8-5-12(2)15-9-6-13(7-10-15)11-16-3/h6,12,14H,4-5,7-11H2,1-3H3. The lowest BCUT2D eigenvalue weighted by atomic mass is 10.1. The Morgan fingerprint density at radius 2 is 2.38 bits per heavy atom. The number of nitrogens with one attached hydrogen (secondary N) is 1.